The first-order chi connectivity index (χ1) is 15.7. The minimum atomic E-state index is -1.70. The standard InChI is InChI=1S/C22H20FN5O5/c1-25-8-9-26-17-7-6-16(28(32)33)10-13(17)11-22(18(26)12-25)19(29)24-21(31)27(20(22)30)15-4-2-14(23)3-5-15/h2-7,10,18H,8-9,11-12H2,1H3,(H,24,29,31). The van der Waals surface area contributed by atoms with Crippen LogP contribution >= 0.6 is 0 Å². The van der Waals surface area contributed by atoms with E-state index >= 15 is 0 Å². The maximum atomic E-state index is 14.0. The van der Waals surface area contributed by atoms with E-state index in [0.717, 1.165) is 22.7 Å². The number of carbonyl (C=O) groups is 3. The lowest BCUT2D eigenvalue weighted by atomic mass is 9.67. The van der Waals surface area contributed by atoms with Crippen molar-refractivity contribution in [2.75, 3.05) is 36.5 Å². The minimum Gasteiger partial charge on any atom is -0.364 e. The molecule has 2 aromatic carbocycles. The molecule has 33 heavy (non-hydrogen) atoms. The molecule has 0 bridgehead atoms. The number of non-ortho nitro benzene ring substituents is 1. The van der Waals surface area contributed by atoms with Gasteiger partial charge in [-0.25, -0.2) is 14.1 Å². The number of likely N-dealkylation sites (N-methyl/N-ethyl adjacent to an activating group) is 1. The largest absolute Gasteiger partial charge is 0.364 e. The number of barbiturate groups is 1. The van der Waals surface area contributed by atoms with Crippen LogP contribution in [0.3, 0.4) is 0 Å². The summed E-state index contributed by atoms with van der Waals surface area (Å²) in [7, 11) is 1.88. The van der Waals surface area contributed by atoms with Gasteiger partial charge in [-0.1, -0.05) is 0 Å². The Kier molecular flexibility index (Phi) is 4.67. The molecular formula is C22H20FN5O5. The number of rotatable bonds is 2. The average molecular weight is 453 g/mol. The summed E-state index contributed by atoms with van der Waals surface area (Å²) < 4.78 is 13.5. The van der Waals surface area contributed by atoms with Gasteiger partial charge in [0.15, 0.2) is 5.41 Å². The summed E-state index contributed by atoms with van der Waals surface area (Å²) >= 11 is 0. The van der Waals surface area contributed by atoms with Crippen molar-refractivity contribution >= 4 is 34.9 Å². The molecule has 2 fully saturated rings. The number of anilines is 2. The summed E-state index contributed by atoms with van der Waals surface area (Å²) in [5.74, 6) is -2.00. The van der Waals surface area contributed by atoms with Crippen molar-refractivity contribution in [2.45, 2.75) is 12.5 Å². The molecule has 5 rings (SSSR count). The molecule has 2 unspecified atom stereocenters. The number of piperazine rings is 1. The SMILES string of the molecule is CN1CCN2c3ccc([N+](=O)[O-])cc3CC3(C(=O)NC(=O)N(c4ccc(F)cc4)C3=O)C2C1. The van der Waals surface area contributed by atoms with Gasteiger partial charge in [-0.05, 0) is 42.9 Å². The van der Waals surface area contributed by atoms with E-state index in [9.17, 15) is 28.9 Å². The summed E-state index contributed by atoms with van der Waals surface area (Å²) in [6.45, 7) is 1.54. The molecule has 0 aromatic heterocycles. The molecule has 3 aliphatic heterocycles. The van der Waals surface area contributed by atoms with E-state index in [2.05, 4.69) is 5.32 Å². The fraction of sp³-hybridized carbons (Fsp3) is 0.318. The van der Waals surface area contributed by atoms with Gasteiger partial charge in [0.1, 0.15) is 5.82 Å². The number of imide groups is 2. The Morgan fingerprint density at radius 1 is 1.12 bits per heavy atom. The zero-order valence-corrected chi connectivity index (χ0v) is 17.7. The van der Waals surface area contributed by atoms with Gasteiger partial charge in [0.05, 0.1) is 16.7 Å². The van der Waals surface area contributed by atoms with Gasteiger partial charge in [0, 0.05) is 43.9 Å². The van der Waals surface area contributed by atoms with Crippen LogP contribution in [0, 0.1) is 21.3 Å². The molecule has 1 spiro atoms. The van der Waals surface area contributed by atoms with E-state index in [1.807, 2.05) is 16.8 Å². The molecule has 3 heterocycles. The average Bonchev–Trinajstić information content (AvgIpc) is 2.78. The Morgan fingerprint density at radius 3 is 2.55 bits per heavy atom. The Hall–Kier alpha value is -3.86. The van der Waals surface area contributed by atoms with E-state index in [1.54, 1.807) is 6.07 Å². The zero-order valence-electron chi connectivity index (χ0n) is 17.7. The number of carbonyl (C=O) groups excluding carboxylic acids is 3. The quantitative estimate of drug-likeness (QED) is 0.418. The lowest BCUT2D eigenvalue weighted by molar-refractivity contribution is -0.384. The number of nitrogens with one attached hydrogen (secondary N) is 1. The number of hydrogen-bond donors (Lipinski definition) is 1. The van der Waals surface area contributed by atoms with E-state index in [4.69, 9.17) is 0 Å². The molecule has 1 N–H and O–H groups in total. The number of benzene rings is 2. The molecule has 3 aliphatic rings. The third kappa shape index (κ3) is 3.07. The first kappa shape index (κ1) is 21.0. The van der Waals surface area contributed by atoms with Crippen molar-refractivity contribution in [2.24, 2.45) is 5.41 Å². The molecule has 4 amide bonds. The molecule has 0 aliphatic carbocycles. The molecule has 2 aromatic rings. The van der Waals surface area contributed by atoms with Crippen molar-refractivity contribution in [3.63, 3.8) is 0 Å². The summed E-state index contributed by atoms with van der Waals surface area (Å²) in [5, 5.41) is 13.7. The van der Waals surface area contributed by atoms with E-state index in [-0.39, 0.29) is 17.8 Å². The Balaban J connectivity index is 1.68. The first-order valence-electron chi connectivity index (χ1n) is 10.4. The third-order valence-electron chi connectivity index (χ3n) is 6.70. The predicted molar refractivity (Wildman–Crippen MR) is 115 cm³/mol. The third-order valence-corrected chi connectivity index (χ3v) is 6.70. The van der Waals surface area contributed by atoms with Gasteiger partial charge in [-0.3, -0.25) is 25.0 Å². The van der Waals surface area contributed by atoms with Crippen LogP contribution in [-0.2, 0) is 16.0 Å². The highest BCUT2D eigenvalue weighted by molar-refractivity contribution is 6.30. The second-order valence-corrected chi connectivity index (χ2v) is 8.57. The van der Waals surface area contributed by atoms with Gasteiger partial charge in [-0.2, -0.15) is 0 Å². The number of nitrogens with zero attached hydrogens (tertiary/aromatic N) is 4. The molecule has 2 atom stereocenters. The number of fused-ring (bicyclic) bond motifs is 4. The van der Waals surface area contributed by atoms with Gasteiger partial charge in [0.25, 0.3) is 11.6 Å². The fourth-order valence-electron chi connectivity index (χ4n) is 5.08. The van der Waals surface area contributed by atoms with Crippen LogP contribution in [0.5, 0.6) is 0 Å². The Morgan fingerprint density at radius 2 is 1.85 bits per heavy atom. The molecule has 0 radical (unpaired) electrons. The zero-order chi connectivity index (χ0) is 23.5. The maximum Gasteiger partial charge on any atom is 0.335 e. The van der Waals surface area contributed by atoms with Crippen molar-refractivity contribution in [1.82, 2.24) is 10.2 Å². The van der Waals surface area contributed by atoms with Crippen molar-refractivity contribution in [3.8, 4) is 0 Å². The summed E-state index contributed by atoms with van der Waals surface area (Å²) in [5.41, 5.74) is -0.492. The monoisotopic (exact) mass is 453 g/mol. The van der Waals surface area contributed by atoms with Crippen LogP contribution in [0.4, 0.5) is 26.2 Å². The molecule has 170 valence electrons. The highest BCUT2D eigenvalue weighted by Crippen LogP contribution is 2.47. The smallest absolute Gasteiger partial charge is 0.335 e. The second kappa shape index (κ2) is 7.34. The summed E-state index contributed by atoms with van der Waals surface area (Å²) in [4.78, 5) is 55.7. The van der Waals surface area contributed by atoms with Gasteiger partial charge in [-0.15, -0.1) is 0 Å². The molecule has 2 saturated heterocycles. The Bertz CT molecular complexity index is 1200. The fourth-order valence-corrected chi connectivity index (χ4v) is 5.08. The Labute approximate surface area is 187 Å². The van der Waals surface area contributed by atoms with Crippen LogP contribution in [-0.4, -0.2) is 60.4 Å². The van der Waals surface area contributed by atoms with Gasteiger partial charge < -0.3 is 9.80 Å². The minimum absolute atomic E-state index is 0.103. The first-order valence-corrected chi connectivity index (χ1v) is 10.4. The van der Waals surface area contributed by atoms with Crippen LogP contribution in [0.2, 0.25) is 0 Å². The lowest BCUT2D eigenvalue weighted by Gasteiger charge is -2.54. The van der Waals surface area contributed by atoms with Crippen molar-refractivity contribution in [1.29, 1.82) is 0 Å². The molecular weight excluding hydrogens is 433 g/mol. The van der Waals surface area contributed by atoms with E-state index < -0.39 is 40.0 Å². The normalized spacial score (nSPS) is 25.0. The van der Waals surface area contributed by atoms with Crippen LogP contribution < -0.4 is 15.1 Å². The maximum absolute atomic E-state index is 14.0. The van der Waals surface area contributed by atoms with Crippen molar-refractivity contribution < 1.29 is 23.7 Å². The van der Waals surface area contributed by atoms with Gasteiger partial charge >= 0.3 is 6.03 Å². The number of halogens is 1. The second-order valence-electron chi connectivity index (χ2n) is 8.57. The van der Waals surface area contributed by atoms with E-state index in [0.29, 0.717) is 25.2 Å². The predicted octanol–water partition coefficient (Wildman–Crippen LogP) is 1.68. The van der Waals surface area contributed by atoms with Crippen molar-refractivity contribution in [3.05, 3.63) is 64.0 Å². The lowest BCUT2D eigenvalue weighted by Crippen LogP contribution is -2.75. The highest BCUT2D eigenvalue weighted by atomic mass is 19.1. The summed E-state index contributed by atoms with van der Waals surface area (Å²) in [6, 6.07) is 7.75. The van der Waals surface area contributed by atoms with Crippen LogP contribution in [0.25, 0.3) is 0 Å². The summed E-state index contributed by atoms with van der Waals surface area (Å²) in [6.07, 6.45) is -0.103. The molecule has 0 saturated carbocycles. The molecule has 10 nitrogen and oxygen atoms in total. The topological polar surface area (TPSA) is 116 Å². The number of nitro groups is 1. The number of urea groups is 1. The van der Waals surface area contributed by atoms with Crippen LogP contribution in [0.1, 0.15) is 5.56 Å². The van der Waals surface area contributed by atoms with Crippen LogP contribution in [0.15, 0.2) is 42.5 Å². The number of nitro benzene ring substituents is 1. The highest BCUT2D eigenvalue weighted by Gasteiger charge is 2.63. The van der Waals surface area contributed by atoms with Gasteiger partial charge in [0.2, 0.25) is 5.91 Å². The number of amides is 4. The van der Waals surface area contributed by atoms with E-state index in [1.165, 1.54) is 24.3 Å². The number of hydrogen-bond acceptors (Lipinski definition) is 7. The molecule has 11 heteroatoms.